The highest BCUT2D eigenvalue weighted by Gasteiger charge is 2.35. The molecule has 1 heterocycles. The highest BCUT2D eigenvalue weighted by molar-refractivity contribution is 5.80. The number of esters is 1. The largest absolute Gasteiger partial charge is 0.497 e. The fourth-order valence-corrected chi connectivity index (χ4v) is 2.40. The van der Waals surface area contributed by atoms with E-state index in [0.717, 1.165) is 24.3 Å². The van der Waals surface area contributed by atoms with Crippen LogP contribution in [0.25, 0.3) is 0 Å². The molecule has 20 heavy (non-hydrogen) atoms. The van der Waals surface area contributed by atoms with Crippen molar-refractivity contribution in [1.29, 1.82) is 0 Å². The molecule has 1 aliphatic heterocycles. The number of benzene rings is 1. The summed E-state index contributed by atoms with van der Waals surface area (Å²) < 4.78 is 15.8. The van der Waals surface area contributed by atoms with Gasteiger partial charge in [-0.25, -0.2) is 4.79 Å². The summed E-state index contributed by atoms with van der Waals surface area (Å²) >= 11 is 0. The average Bonchev–Trinajstić information content (AvgIpc) is 2.90. The lowest BCUT2D eigenvalue weighted by Crippen LogP contribution is -2.41. The zero-order valence-corrected chi connectivity index (χ0v) is 12.1. The Bertz CT molecular complexity index is 463. The summed E-state index contributed by atoms with van der Waals surface area (Å²) in [6.07, 6.45) is 1.82. The van der Waals surface area contributed by atoms with Gasteiger partial charge in [0, 0.05) is 11.8 Å². The van der Waals surface area contributed by atoms with E-state index in [9.17, 15) is 4.79 Å². The monoisotopic (exact) mass is 279 g/mol. The quantitative estimate of drug-likeness (QED) is 0.838. The second-order valence-electron chi connectivity index (χ2n) is 4.94. The van der Waals surface area contributed by atoms with Gasteiger partial charge >= 0.3 is 5.97 Å². The number of carbonyl (C=O) groups is 1. The molecule has 3 unspecified atom stereocenters. The second kappa shape index (κ2) is 6.61. The number of hydrogen-bond donors (Lipinski definition) is 1. The lowest BCUT2D eigenvalue weighted by molar-refractivity contribution is -0.144. The molecule has 1 saturated heterocycles. The van der Waals surface area contributed by atoms with Crippen LogP contribution in [0.1, 0.15) is 19.8 Å². The fourth-order valence-electron chi connectivity index (χ4n) is 2.40. The minimum absolute atomic E-state index is 0.163. The van der Waals surface area contributed by atoms with Crippen molar-refractivity contribution in [1.82, 2.24) is 0 Å². The van der Waals surface area contributed by atoms with Crippen molar-refractivity contribution in [3.05, 3.63) is 24.3 Å². The molecule has 1 N–H and O–H groups in total. The summed E-state index contributed by atoms with van der Waals surface area (Å²) in [5, 5.41) is 3.19. The first-order valence-corrected chi connectivity index (χ1v) is 6.78. The minimum atomic E-state index is -0.503. The van der Waals surface area contributed by atoms with Crippen LogP contribution in [0.5, 0.6) is 5.75 Å². The van der Waals surface area contributed by atoms with Gasteiger partial charge in [0.05, 0.1) is 26.4 Å². The number of hydrogen-bond acceptors (Lipinski definition) is 5. The first-order chi connectivity index (χ1) is 9.63. The smallest absolute Gasteiger partial charge is 0.331 e. The molecular weight excluding hydrogens is 258 g/mol. The number of rotatable bonds is 5. The molecule has 0 bridgehead atoms. The van der Waals surface area contributed by atoms with E-state index < -0.39 is 6.04 Å². The molecule has 0 amide bonds. The molecular formula is C15H21NO4. The van der Waals surface area contributed by atoms with Gasteiger partial charge in [0.1, 0.15) is 5.75 Å². The number of nitrogens with one attached hydrogen (secondary N) is 1. The standard InChI is InChI=1S/C15H21NO4/c1-10-7-8-13(20-10)14(15(17)19-3)16-11-5-4-6-12(9-11)18-2/h4-6,9-10,13-14,16H,7-8H2,1-3H3. The van der Waals surface area contributed by atoms with Gasteiger partial charge in [-0.3, -0.25) is 0 Å². The molecule has 5 heteroatoms. The Balaban J connectivity index is 2.12. The fraction of sp³-hybridized carbons (Fsp3) is 0.533. The normalized spacial score (nSPS) is 23.1. The van der Waals surface area contributed by atoms with Gasteiger partial charge < -0.3 is 19.5 Å². The van der Waals surface area contributed by atoms with Crippen molar-refractivity contribution in [2.45, 2.75) is 38.0 Å². The SMILES string of the molecule is COC(=O)C(Nc1cccc(OC)c1)C1CCC(C)O1. The lowest BCUT2D eigenvalue weighted by Gasteiger charge is -2.23. The number of anilines is 1. The van der Waals surface area contributed by atoms with E-state index in [1.165, 1.54) is 7.11 Å². The summed E-state index contributed by atoms with van der Waals surface area (Å²) in [5.74, 6) is 0.422. The summed E-state index contributed by atoms with van der Waals surface area (Å²) in [5.41, 5.74) is 0.808. The van der Waals surface area contributed by atoms with Gasteiger partial charge in [-0.1, -0.05) is 6.07 Å². The predicted octanol–water partition coefficient (Wildman–Crippen LogP) is 2.22. The van der Waals surface area contributed by atoms with Crippen molar-refractivity contribution in [3.63, 3.8) is 0 Å². The third kappa shape index (κ3) is 3.42. The Kier molecular flexibility index (Phi) is 4.84. The Morgan fingerprint density at radius 2 is 2.20 bits per heavy atom. The van der Waals surface area contributed by atoms with Gasteiger partial charge in [-0.2, -0.15) is 0 Å². The summed E-state index contributed by atoms with van der Waals surface area (Å²) in [6, 6.07) is 6.95. The molecule has 3 atom stereocenters. The van der Waals surface area contributed by atoms with E-state index in [4.69, 9.17) is 14.2 Å². The number of carbonyl (C=O) groups excluding carboxylic acids is 1. The second-order valence-corrected chi connectivity index (χ2v) is 4.94. The van der Waals surface area contributed by atoms with Gasteiger partial charge in [0.25, 0.3) is 0 Å². The van der Waals surface area contributed by atoms with Crippen LogP contribution >= 0.6 is 0 Å². The minimum Gasteiger partial charge on any atom is -0.497 e. The maximum Gasteiger partial charge on any atom is 0.331 e. The van der Waals surface area contributed by atoms with Crippen molar-refractivity contribution in [2.24, 2.45) is 0 Å². The van der Waals surface area contributed by atoms with E-state index in [2.05, 4.69) is 5.32 Å². The van der Waals surface area contributed by atoms with Crippen molar-refractivity contribution >= 4 is 11.7 Å². The van der Waals surface area contributed by atoms with Crippen LogP contribution in [0, 0.1) is 0 Å². The Morgan fingerprint density at radius 3 is 2.80 bits per heavy atom. The first kappa shape index (κ1) is 14.7. The third-order valence-corrected chi connectivity index (χ3v) is 3.48. The van der Waals surface area contributed by atoms with Crippen LogP contribution in [0.4, 0.5) is 5.69 Å². The highest BCUT2D eigenvalue weighted by Crippen LogP contribution is 2.25. The Hall–Kier alpha value is -1.75. The summed E-state index contributed by atoms with van der Waals surface area (Å²) in [4.78, 5) is 12.0. The molecule has 0 aliphatic carbocycles. The lowest BCUT2D eigenvalue weighted by atomic mass is 10.1. The number of methoxy groups -OCH3 is 2. The molecule has 5 nitrogen and oxygen atoms in total. The predicted molar refractivity (Wildman–Crippen MR) is 76.0 cm³/mol. The average molecular weight is 279 g/mol. The van der Waals surface area contributed by atoms with E-state index >= 15 is 0 Å². The molecule has 1 fully saturated rings. The van der Waals surface area contributed by atoms with Gasteiger partial charge in [-0.05, 0) is 31.9 Å². The van der Waals surface area contributed by atoms with E-state index in [1.807, 2.05) is 31.2 Å². The molecule has 1 aliphatic rings. The highest BCUT2D eigenvalue weighted by atomic mass is 16.5. The molecule has 1 aromatic rings. The molecule has 0 saturated carbocycles. The van der Waals surface area contributed by atoms with Gasteiger partial charge in [0.15, 0.2) is 6.04 Å². The zero-order chi connectivity index (χ0) is 14.5. The van der Waals surface area contributed by atoms with Crippen LogP contribution in [0.3, 0.4) is 0 Å². The molecule has 0 spiro atoms. The topological polar surface area (TPSA) is 56.8 Å². The van der Waals surface area contributed by atoms with Crippen LogP contribution in [0.15, 0.2) is 24.3 Å². The van der Waals surface area contributed by atoms with Crippen LogP contribution in [0.2, 0.25) is 0 Å². The Morgan fingerprint density at radius 1 is 1.40 bits per heavy atom. The van der Waals surface area contributed by atoms with Crippen molar-refractivity contribution in [3.8, 4) is 5.75 Å². The maximum atomic E-state index is 12.0. The maximum absolute atomic E-state index is 12.0. The number of ether oxygens (including phenoxy) is 3. The molecule has 0 aromatic heterocycles. The van der Waals surface area contributed by atoms with Gasteiger partial charge in [0.2, 0.25) is 0 Å². The molecule has 110 valence electrons. The molecule has 0 radical (unpaired) electrons. The van der Waals surface area contributed by atoms with Gasteiger partial charge in [-0.15, -0.1) is 0 Å². The van der Waals surface area contributed by atoms with Crippen molar-refractivity contribution in [2.75, 3.05) is 19.5 Å². The van der Waals surface area contributed by atoms with Crippen LogP contribution in [-0.4, -0.2) is 38.4 Å². The third-order valence-electron chi connectivity index (χ3n) is 3.48. The van der Waals surface area contributed by atoms with Crippen LogP contribution in [-0.2, 0) is 14.3 Å². The van der Waals surface area contributed by atoms with Crippen LogP contribution < -0.4 is 10.1 Å². The van der Waals surface area contributed by atoms with E-state index in [-0.39, 0.29) is 18.2 Å². The zero-order valence-electron chi connectivity index (χ0n) is 12.1. The summed E-state index contributed by atoms with van der Waals surface area (Å²) in [7, 11) is 3.00. The molecule has 2 rings (SSSR count). The molecule has 1 aromatic carbocycles. The van der Waals surface area contributed by atoms with E-state index in [1.54, 1.807) is 7.11 Å². The Labute approximate surface area is 119 Å². The summed E-state index contributed by atoms with van der Waals surface area (Å²) in [6.45, 7) is 2.01. The van der Waals surface area contributed by atoms with E-state index in [0.29, 0.717) is 0 Å². The van der Waals surface area contributed by atoms with Crippen molar-refractivity contribution < 1.29 is 19.0 Å². The first-order valence-electron chi connectivity index (χ1n) is 6.78.